The Morgan fingerprint density at radius 2 is 2.00 bits per heavy atom. The number of hydrogen-bond acceptors (Lipinski definition) is 0. The molecule has 56 valence electrons. The van der Waals surface area contributed by atoms with E-state index in [-0.39, 0.29) is 0 Å². The van der Waals surface area contributed by atoms with E-state index in [4.69, 9.17) is 0 Å². The average Bonchev–Trinajstić information content (AvgIpc) is 2.71. The van der Waals surface area contributed by atoms with Gasteiger partial charge in [-0.15, -0.1) is 0 Å². The van der Waals surface area contributed by atoms with E-state index in [0.717, 1.165) is 0 Å². The third-order valence-electron chi connectivity index (χ3n) is 1.80. The summed E-state index contributed by atoms with van der Waals surface area (Å²) < 4.78 is 0. The minimum absolute atomic E-state index is 1.28. The molecule has 0 atom stereocenters. The van der Waals surface area contributed by atoms with Crippen molar-refractivity contribution < 1.29 is 0 Å². The van der Waals surface area contributed by atoms with Crippen molar-refractivity contribution >= 4 is 0 Å². The van der Waals surface area contributed by atoms with Crippen molar-refractivity contribution in [3.8, 4) is 0 Å². The summed E-state index contributed by atoms with van der Waals surface area (Å²) in [6.45, 7) is 2.25. The fraction of sp³-hybridized carbons (Fsp3) is 0.600. The summed E-state index contributed by atoms with van der Waals surface area (Å²) in [4.78, 5) is 0. The minimum Gasteiger partial charge on any atom is -0.0773 e. The predicted molar refractivity (Wildman–Crippen MR) is 46.0 cm³/mol. The van der Waals surface area contributed by atoms with Gasteiger partial charge in [-0.25, -0.2) is 0 Å². The van der Waals surface area contributed by atoms with Gasteiger partial charge in [-0.2, -0.15) is 0 Å². The molecule has 0 unspecified atom stereocenters. The quantitative estimate of drug-likeness (QED) is 0.508. The van der Waals surface area contributed by atoms with Crippen molar-refractivity contribution in [3.63, 3.8) is 0 Å². The molecule has 0 saturated carbocycles. The van der Waals surface area contributed by atoms with Crippen LogP contribution in [-0.4, -0.2) is 0 Å². The highest BCUT2D eigenvalue weighted by Gasteiger charge is 1.95. The summed E-state index contributed by atoms with van der Waals surface area (Å²) in [5.41, 5.74) is 1.46. The van der Waals surface area contributed by atoms with Crippen LogP contribution in [0.15, 0.2) is 23.8 Å². The summed E-state index contributed by atoms with van der Waals surface area (Å²) in [6, 6.07) is 0. The van der Waals surface area contributed by atoms with E-state index in [1.165, 1.54) is 37.7 Å². The molecule has 0 heteroatoms. The van der Waals surface area contributed by atoms with Gasteiger partial charge < -0.3 is 0 Å². The second-order valence-corrected chi connectivity index (χ2v) is 2.89. The zero-order chi connectivity index (χ0) is 7.23. The van der Waals surface area contributed by atoms with Crippen molar-refractivity contribution in [2.45, 2.75) is 39.0 Å². The summed E-state index contributed by atoms with van der Waals surface area (Å²) in [5, 5.41) is 0. The smallest absolute Gasteiger partial charge is 0.0296 e. The molecule has 0 bridgehead atoms. The van der Waals surface area contributed by atoms with E-state index in [9.17, 15) is 0 Å². The van der Waals surface area contributed by atoms with Crippen molar-refractivity contribution in [3.05, 3.63) is 23.8 Å². The van der Waals surface area contributed by atoms with Gasteiger partial charge in [0, 0.05) is 0 Å². The zero-order valence-corrected chi connectivity index (χ0v) is 6.77. The number of rotatable bonds is 5. The topological polar surface area (TPSA) is 0 Å². The predicted octanol–water partition coefficient (Wildman–Crippen LogP) is 3.45. The van der Waals surface area contributed by atoms with Crippen LogP contribution in [0.4, 0.5) is 0 Å². The molecule has 0 saturated heterocycles. The molecule has 0 spiro atoms. The normalized spacial score (nSPS) is 13.9. The lowest BCUT2D eigenvalue weighted by atomic mass is 10.1. The van der Waals surface area contributed by atoms with Crippen molar-refractivity contribution in [1.82, 2.24) is 0 Å². The summed E-state index contributed by atoms with van der Waals surface area (Å²) >= 11 is 0. The SMILES string of the molecule is CCCCCCC=C1C=C1. The maximum Gasteiger partial charge on any atom is -0.0296 e. The second kappa shape index (κ2) is 4.32. The molecule has 0 fully saturated rings. The van der Waals surface area contributed by atoms with Crippen LogP contribution >= 0.6 is 0 Å². The third-order valence-corrected chi connectivity index (χ3v) is 1.80. The highest BCUT2D eigenvalue weighted by atomic mass is 14.0. The molecule has 0 aromatic heterocycles. The Morgan fingerprint density at radius 3 is 2.60 bits per heavy atom. The van der Waals surface area contributed by atoms with Crippen LogP contribution in [-0.2, 0) is 0 Å². The van der Waals surface area contributed by atoms with Crippen LogP contribution < -0.4 is 0 Å². The van der Waals surface area contributed by atoms with E-state index >= 15 is 0 Å². The molecule has 1 rings (SSSR count). The maximum atomic E-state index is 2.33. The summed E-state index contributed by atoms with van der Waals surface area (Å²) in [6.07, 6.45) is 13.5. The first-order valence-corrected chi connectivity index (χ1v) is 4.31. The standard InChI is InChI=1S/C10H16/c1-2-3-4-5-6-7-10-8-9-10/h7-9H,2-6H2,1H3. The lowest BCUT2D eigenvalue weighted by Gasteiger charge is -1.92. The molecule has 1 aliphatic carbocycles. The van der Waals surface area contributed by atoms with Crippen LogP contribution in [0.2, 0.25) is 0 Å². The molecule has 0 aromatic carbocycles. The molecule has 0 heterocycles. The van der Waals surface area contributed by atoms with Crippen molar-refractivity contribution in [1.29, 1.82) is 0 Å². The first-order chi connectivity index (χ1) is 4.93. The van der Waals surface area contributed by atoms with Gasteiger partial charge in [0.25, 0.3) is 0 Å². The Balaban J connectivity index is 1.81. The molecule has 1 aliphatic rings. The molecule has 0 radical (unpaired) electrons. The highest BCUT2D eigenvalue weighted by molar-refractivity contribution is 5.46. The van der Waals surface area contributed by atoms with E-state index < -0.39 is 0 Å². The van der Waals surface area contributed by atoms with Crippen LogP contribution in [0.5, 0.6) is 0 Å². The largest absolute Gasteiger partial charge is 0.0773 e. The first-order valence-electron chi connectivity index (χ1n) is 4.31. The first kappa shape index (κ1) is 7.59. The molecular formula is C10H16. The van der Waals surface area contributed by atoms with Crippen LogP contribution in [0, 0.1) is 0 Å². The number of allylic oxidation sites excluding steroid dienone is 4. The number of hydrogen-bond donors (Lipinski definition) is 0. The summed E-state index contributed by atoms with van der Waals surface area (Å²) in [5.74, 6) is 0. The van der Waals surface area contributed by atoms with Gasteiger partial charge in [-0.1, -0.05) is 44.4 Å². The Labute approximate surface area is 63.6 Å². The van der Waals surface area contributed by atoms with Crippen LogP contribution in [0.3, 0.4) is 0 Å². The Bertz CT molecular complexity index is 132. The Morgan fingerprint density at radius 1 is 1.20 bits per heavy atom. The highest BCUT2D eigenvalue weighted by Crippen LogP contribution is 2.15. The van der Waals surface area contributed by atoms with Crippen LogP contribution in [0.1, 0.15) is 39.0 Å². The van der Waals surface area contributed by atoms with Gasteiger partial charge in [-0.05, 0) is 18.4 Å². The molecule has 0 nitrogen and oxygen atoms in total. The van der Waals surface area contributed by atoms with E-state index in [1.807, 2.05) is 0 Å². The fourth-order valence-corrected chi connectivity index (χ4v) is 1.02. The van der Waals surface area contributed by atoms with Crippen molar-refractivity contribution in [2.75, 3.05) is 0 Å². The van der Waals surface area contributed by atoms with E-state index in [1.54, 1.807) is 0 Å². The monoisotopic (exact) mass is 136 g/mol. The van der Waals surface area contributed by atoms with Gasteiger partial charge in [0.2, 0.25) is 0 Å². The van der Waals surface area contributed by atoms with Crippen molar-refractivity contribution in [2.24, 2.45) is 0 Å². The molecule has 0 N–H and O–H groups in total. The molecule has 10 heavy (non-hydrogen) atoms. The van der Waals surface area contributed by atoms with E-state index in [0.29, 0.717) is 0 Å². The van der Waals surface area contributed by atoms with Gasteiger partial charge in [-0.3, -0.25) is 0 Å². The molecule has 0 amide bonds. The van der Waals surface area contributed by atoms with Crippen LogP contribution in [0.25, 0.3) is 0 Å². The van der Waals surface area contributed by atoms with Gasteiger partial charge >= 0.3 is 0 Å². The zero-order valence-electron chi connectivity index (χ0n) is 6.77. The average molecular weight is 136 g/mol. The molecule has 0 aliphatic heterocycles. The Hall–Kier alpha value is -0.520. The lowest BCUT2D eigenvalue weighted by Crippen LogP contribution is -1.73. The van der Waals surface area contributed by atoms with E-state index in [2.05, 4.69) is 25.2 Å². The second-order valence-electron chi connectivity index (χ2n) is 2.89. The maximum absolute atomic E-state index is 2.33. The fourth-order valence-electron chi connectivity index (χ4n) is 1.02. The van der Waals surface area contributed by atoms with Gasteiger partial charge in [0.1, 0.15) is 0 Å². The number of unbranched alkanes of at least 4 members (excludes halogenated alkanes) is 4. The van der Waals surface area contributed by atoms with Gasteiger partial charge in [0.15, 0.2) is 0 Å². The minimum atomic E-state index is 1.28. The lowest BCUT2D eigenvalue weighted by molar-refractivity contribution is 0.674. The third kappa shape index (κ3) is 3.49. The summed E-state index contributed by atoms with van der Waals surface area (Å²) in [7, 11) is 0. The van der Waals surface area contributed by atoms with Gasteiger partial charge in [0.05, 0.1) is 0 Å². The Kier molecular flexibility index (Phi) is 3.28. The molecule has 0 aromatic rings. The molecular weight excluding hydrogens is 120 g/mol.